The number of rotatable bonds is 10. The third-order valence-electron chi connectivity index (χ3n) is 7.68. The number of hydrogen-bond donors (Lipinski definition) is 0. The minimum Gasteiger partial charge on any atom is -0.490 e. The van der Waals surface area contributed by atoms with Gasteiger partial charge in [-0.25, -0.2) is 4.39 Å². The molecule has 0 aliphatic carbocycles. The maximum absolute atomic E-state index is 13.2. The van der Waals surface area contributed by atoms with E-state index < -0.39 is 0 Å². The van der Waals surface area contributed by atoms with E-state index in [1.165, 1.54) is 31.5 Å². The summed E-state index contributed by atoms with van der Waals surface area (Å²) in [7, 11) is 2.19. The third kappa shape index (κ3) is 6.84. The topological polar surface area (TPSA) is 58.8 Å². The Kier molecular flexibility index (Phi) is 8.31. The monoisotopic (exact) mass is 505 g/mol. The first-order valence-electron chi connectivity index (χ1n) is 13.5. The predicted molar refractivity (Wildman–Crippen MR) is 141 cm³/mol. The van der Waals surface area contributed by atoms with Gasteiger partial charge in [-0.1, -0.05) is 17.3 Å². The summed E-state index contributed by atoms with van der Waals surface area (Å²) < 4.78 is 24.9. The number of aromatic nitrogens is 1. The van der Waals surface area contributed by atoms with E-state index in [2.05, 4.69) is 22.0 Å². The quantitative estimate of drug-likeness (QED) is 0.316. The first-order valence-corrected chi connectivity index (χ1v) is 13.5. The molecule has 0 saturated carbocycles. The van der Waals surface area contributed by atoms with E-state index in [9.17, 15) is 9.18 Å². The lowest BCUT2D eigenvalue weighted by Gasteiger charge is -2.31. The number of nitrogens with zero attached hydrogens (tertiary/aromatic N) is 3. The molecule has 0 N–H and O–H groups in total. The van der Waals surface area contributed by atoms with Crippen LogP contribution in [0.1, 0.15) is 61.0 Å². The van der Waals surface area contributed by atoms with Crippen LogP contribution in [0.15, 0.2) is 59.1 Å². The van der Waals surface area contributed by atoms with Crippen LogP contribution in [0, 0.1) is 5.82 Å². The van der Waals surface area contributed by atoms with Crippen LogP contribution in [0.25, 0.3) is 11.3 Å². The minimum absolute atomic E-state index is 0.131. The standard InChI is InChI=1S/C30H36FN3O3/c1-33-16-4-7-26(33)6-3-9-29(35)23-5-2-8-28(19-23)36-27-14-17-34(18-15-27)21-25-20-30(37-32-25)22-10-12-24(31)13-11-22/h2,5,8,10-13,19-20,26-27H,3-4,6-7,9,14-18,21H2,1H3. The van der Waals surface area contributed by atoms with E-state index in [1.54, 1.807) is 12.1 Å². The number of Topliss-reactive ketones (excluding diaryl/α,β-unsaturated/α-hetero) is 1. The molecule has 2 aromatic carbocycles. The van der Waals surface area contributed by atoms with Gasteiger partial charge < -0.3 is 14.2 Å². The summed E-state index contributed by atoms with van der Waals surface area (Å²) in [4.78, 5) is 17.5. The highest BCUT2D eigenvalue weighted by Crippen LogP contribution is 2.25. The second-order valence-electron chi connectivity index (χ2n) is 10.4. The van der Waals surface area contributed by atoms with Crippen LogP contribution >= 0.6 is 0 Å². The summed E-state index contributed by atoms with van der Waals surface area (Å²) in [6.45, 7) is 3.68. The predicted octanol–water partition coefficient (Wildman–Crippen LogP) is 5.97. The van der Waals surface area contributed by atoms with E-state index >= 15 is 0 Å². The van der Waals surface area contributed by atoms with Gasteiger partial charge in [0.25, 0.3) is 0 Å². The number of likely N-dealkylation sites (tertiary alicyclic amines) is 2. The largest absolute Gasteiger partial charge is 0.490 e. The van der Waals surface area contributed by atoms with Crippen LogP contribution < -0.4 is 4.74 Å². The van der Waals surface area contributed by atoms with Crippen LogP contribution in [0.3, 0.4) is 0 Å². The highest BCUT2D eigenvalue weighted by atomic mass is 19.1. The molecule has 1 aromatic heterocycles. The summed E-state index contributed by atoms with van der Waals surface area (Å²) in [5, 5.41) is 4.19. The number of hydrogen-bond acceptors (Lipinski definition) is 6. The number of carbonyl (C=O) groups is 1. The van der Waals surface area contributed by atoms with Gasteiger partial charge in [0.1, 0.15) is 17.7 Å². The van der Waals surface area contributed by atoms with Crippen molar-refractivity contribution in [2.24, 2.45) is 0 Å². The SMILES string of the molecule is CN1CCCC1CCCC(=O)c1cccc(OC2CCN(Cc3cc(-c4ccc(F)cc4)on3)CC2)c1. The molecule has 2 aliphatic rings. The fourth-order valence-electron chi connectivity index (χ4n) is 5.47. The van der Waals surface area contributed by atoms with Gasteiger partial charge in [-0.05, 0) is 88.5 Å². The van der Waals surface area contributed by atoms with Crippen molar-refractivity contribution >= 4 is 5.78 Å². The van der Waals surface area contributed by atoms with Crippen LogP contribution in [-0.2, 0) is 6.54 Å². The molecule has 6 nitrogen and oxygen atoms in total. The molecule has 1 atom stereocenters. The molecule has 0 spiro atoms. The zero-order valence-corrected chi connectivity index (χ0v) is 21.6. The highest BCUT2D eigenvalue weighted by Gasteiger charge is 2.23. The molecule has 0 amide bonds. The summed E-state index contributed by atoms with van der Waals surface area (Å²) >= 11 is 0. The molecule has 0 bridgehead atoms. The van der Waals surface area contributed by atoms with E-state index in [0.717, 1.165) is 61.3 Å². The van der Waals surface area contributed by atoms with Crippen molar-refractivity contribution in [3.8, 4) is 17.1 Å². The number of benzene rings is 2. The molecule has 7 heteroatoms. The number of halogens is 1. The average molecular weight is 506 g/mol. The first kappa shape index (κ1) is 25.6. The van der Waals surface area contributed by atoms with Crippen LogP contribution in [0.4, 0.5) is 4.39 Å². The lowest BCUT2D eigenvalue weighted by atomic mass is 10.0. The lowest BCUT2D eigenvalue weighted by Crippen LogP contribution is -2.37. The van der Waals surface area contributed by atoms with Gasteiger partial charge in [-0.2, -0.15) is 0 Å². The molecular weight excluding hydrogens is 469 g/mol. The molecule has 3 aromatic rings. The first-order chi connectivity index (χ1) is 18.0. The minimum atomic E-state index is -0.269. The zero-order chi connectivity index (χ0) is 25.6. The zero-order valence-electron chi connectivity index (χ0n) is 21.6. The maximum atomic E-state index is 13.2. The Balaban J connectivity index is 1.06. The number of piperidine rings is 1. The smallest absolute Gasteiger partial charge is 0.167 e. The van der Waals surface area contributed by atoms with Crippen molar-refractivity contribution in [2.75, 3.05) is 26.7 Å². The van der Waals surface area contributed by atoms with Gasteiger partial charge in [-0.3, -0.25) is 9.69 Å². The van der Waals surface area contributed by atoms with Crippen molar-refractivity contribution in [2.45, 2.75) is 63.6 Å². The fraction of sp³-hybridized carbons (Fsp3) is 0.467. The van der Waals surface area contributed by atoms with Crippen molar-refractivity contribution in [3.63, 3.8) is 0 Å². The average Bonchev–Trinajstić information content (AvgIpc) is 3.55. The van der Waals surface area contributed by atoms with Gasteiger partial charge >= 0.3 is 0 Å². The van der Waals surface area contributed by atoms with E-state index in [0.29, 0.717) is 24.8 Å². The van der Waals surface area contributed by atoms with Crippen LogP contribution in [0.5, 0.6) is 5.75 Å². The highest BCUT2D eigenvalue weighted by molar-refractivity contribution is 5.96. The summed E-state index contributed by atoms with van der Waals surface area (Å²) in [5.74, 6) is 1.36. The van der Waals surface area contributed by atoms with Gasteiger partial charge in [-0.15, -0.1) is 0 Å². The second kappa shape index (κ2) is 12.0. The van der Waals surface area contributed by atoms with Gasteiger partial charge in [0.15, 0.2) is 11.5 Å². The molecule has 2 fully saturated rings. The molecule has 5 rings (SSSR count). The Morgan fingerprint density at radius 3 is 2.65 bits per heavy atom. The molecule has 2 saturated heterocycles. The Morgan fingerprint density at radius 1 is 1.08 bits per heavy atom. The lowest BCUT2D eigenvalue weighted by molar-refractivity contribution is 0.0941. The molecular formula is C30H36FN3O3. The van der Waals surface area contributed by atoms with E-state index in [4.69, 9.17) is 9.26 Å². The molecule has 1 unspecified atom stereocenters. The molecule has 37 heavy (non-hydrogen) atoms. The van der Waals surface area contributed by atoms with Gasteiger partial charge in [0.2, 0.25) is 0 Å². The normalized spacial score (nSPS) is 19.4. The Labute approximate surface area is 218 Å². The van der Waals surface area contributed by atoms with Crippen LogP contribution in [-0.4, -0.2) is 59.6 Å². The van der Waals surface area contributed by atoms with Crippen molar-refractivity contribution in [3.05, 3.63) is 71.7 Å². The Morgan fingerprint density at radius 2 is 1.89 bits per heavy atom. The van der Waals surface area contributed by atoms with Crippen molar-refractivity contribution in [1.29, 1.82) is 0 Å². The molecule has 196 valence electrons. The Bertz CT molecular complexity index is 1170. The van der Waals surface area contributed by atoms with Crippen LogP contribution in [0.2, 0.25) is 0 Å². The van der Waals surface area contributed by atoms with E-state index in [1.807, 2.05) is 30.3 Å². The number of carbonyl (C=O) groups excluding carboxylic acids is 1. The van der Waals surface area contributed by atoms with Crippen molar-refractivity contribution < 1.29 is 18.4 Å². The Hall–Kier alpha value is -3.03. The van der Waals surface area contributed by atoms with Crippen molar-refractivity contribution in [1.82, 2.24) is 15.0 Å². The van der Waals surface area contributed by atoms with Gasteiger partial charge in [0, 0.05) is 49.3 Å². The second-order valence-corrected chi connectivity index (χ2v) is 10.4. The van der Waals surface area contributed by atoms with E-state index in [-0.39, 0.29) is 17.7 Å². The summed E-state index contributed by atoms with van der Waals surface area (Å²) in [6, 6.07) is 16.5. The molecule has 0 radical (unpaired) electrons. The summed E-state index contributed by atoms with van der Waals surface area (Å²) in [6.07, 6.45) is 7.11. The summed E-state index contributed by atoms with van der Waals surface area (Å²) in [5.41, 5.74) is 2.43. The molecule has 3 heterocycles. The number of ether oxygens (including phenoxy) is 1. The third-order valence-corrected chi connectivity index (χ3v) is 7.68. The fourth-order valence-corrected chi connectivity index (χ4v) is 5.47. The maximum Gasteiger partial charge on any atom is 0.167 e. The molecule has 2 aliphatic heterocycles. The van der Waals surface area contributed by atoms with Gasteiger partial charge in [0.05, 0.1) is 5.69 Å². The number of ketones is 1.